The van der Waals surface area contributed by atoms with E-state index >= 15 is 0 Å². The monoisotopic (exact) mass is 475 g/mol. The number of rotatable bonds is 5. The molecular weight excluding hydrogens is 457 g/mol. The number of amides is 1. The first-order valence-corrected chi connectivity index (χ1v) is 11.6. The Hall–Kier alpha value is -3.62. The van der Waals surface area contributed by atoms with E-state index in [0.29, 0.717) is 23.0 Å². The summed E-state index contributed by atoms with van der Waals surface area (Å²) < 4.78 is 16.6. The van der Waals surface area contributed by atoms with Crippen molar-refractivity contribution in [3.8, 4) is 5.69 Å². The van der Waals surface area contributed by atoms with E-state index in [1.807, 2.05) is 12.1 Å². The molecule has 2 aromatic heterocycles. The van der Waals surface area contributed by atoms with Crippen LogP contribution in [0.2, 0.25) is 0 Å². The van der Waals surface area contributed by atoms with Crippen molar-refractivity contribution in [2.75, 3.05) is 6.54 Å². The summed E-state index contributed by atoms with van der Waals surface area (Å²) in [5.41, 5.74) is 1.66. The second-order valence-electron chi connectivity index (χ2n) is 7.55. The Morgan fingerprint density at radius 1 is 1.06 bits per heavy atom. The molecule has 2 N–H and O–H groups in total. The number of fused-ring (bicyclic) bond motifs is 2. The summed E-state index contributed by atoms with van der Waals surface area (Å²) in [6.07, 6.45) is 0.721. The number of carbonyl (C=O) groups excluding carboxylic acids is 1. The first-order valence-electron chi connectivity index (χ1n) is 10.3. The Balaban J connectivity index is 1.38. The molecule has 5 nitrogen and oxygen atoms in total. The van der Waals surface area contributed by atoms with Gasteiger partial charge < -0.3 is 10.3 Å². The molecule has 164 valence electrons. The number of benzene rings is 3. The number of H-pyrrole nitrogens is 1. The number of carbonyl (C=O) groups is 1. The fourth-order valence-electron chi connectivity index (χ4n) is 3.85. The van der Waals surface area contributed by atoms with Gasteiger partial charge in [0, 0.05) is 16.8 Å². The van der Waals surface area contributed by atoms with E-state index < -0.39 is 11.4 Å². The normalized spacial score (nSPS) is 11.2. The molecule has 0 aliphatic carbocycles. The third-order valence-corrected chi connectivity index (χ3v) is 6.79. The molecule has 3 aromatic carbocycles. The zero-order valence-corrected chi connectivity index (χ0v) is 18.9. The van der Waals surface area contributed by atoms with Crippen molar-refractivity contribution in [2.45, 2.75) is 6.42 Å². The Kier molecular flexibility index (Phi) is 5.62. The lowest BCUT2D eigenvalue weighted by molar-refractivity contribution is 0.0954. The highest BCUT2D eigenvalue weighted by Gasteiger charge is 2.13. The van der Waals surface area contributed by atoms with Gasteiger partial charge in [0.05, 0.1) is 16.6 Å². The van der Waals surface area contributed by atoms with Gasteiger partial charge in [0.25, 0.3) is 11.5 Å². The number of nitrogens with one attached hydrogen (secondary N) is 2. The Morgan fingerprint density at radius 3 is 2.70 bits per heavy atom. The van der Waals surface area contributed by atoms with Crippen LogP contribution < -0.4 is 10.9 Å². The summed E-state index contributed by atoms with van der Waals surface area (Å²) in [5.74, 6) is -0.790. The summed E-state index contributed by atoms with van der Waals surface area (Å²) >= 11 is 7.00. The average molecular weight is 476 g/mol. The van der Waals surface area contributed by atoms with Gasteiger partial charge >= 0.3 is 0 Å². The molecule has 5 aromatic rings. The maximum Gasteiger partial charge on any atom is 0.266 e. The van der Waals surface area contributed by atoms with E-state index in [9.17, 15) is 14.0 Å². The molecule has 0 radical (unpaired) electrons. The number of para-hydroxylation sites is 1. The number of hydrogen-bond donors (Lipinski definition) is 2. The Morgan fingerprint density at radius 2 is 1.85 bits per heavy atom. The maximum atomic E-state index is 14.2. The summed E-state index contributed by atoms with van der Waals surface area (Å²) in [6.45, 7) is 0.489. The lowest BCUT2D eigenvalue weighted by Gasteiger charge is -2.10. The van der Waals surface area contributed by atoms with E-state index in [0.717, 1.165) is 11.0 Å². The van der Waals surface area contributed by atoms with Gasteiger partial charge in [-0.2, -0.15) is 0 Å². The van der Waals surface area contributed by atoms with E-state index in [1.165, 1.54) is 27.8 Å². The summed E-state index contributed by atoms with van der Waals surface area (Å²) in [4.78, 5) is 28.7. The van der Waals surface area contributed by atoms with E-state index in [4.69, 9.17) is 12.2 Å². The van der Waals surface area contributed by atoms with Crippen LogP contribution in [0.4, 0.5) is 4.39 Å². The van der Waals surface area contributed by atoms with Crippen molar-refractivity contribution in [1.82, 2.24) is 14.9 Å². The third-order valence-electron chi connectivity index (χ3n) is 5.49. The highest BCUT2D eigenvalue weighted by atomic mass is 32.1. The number of thiophene rings is 1. The predicted octanol–water partition coefficient (Wildman–Crippen LogP) is 5.37. The molecule has 0 aliphatic rings. The number of aromatic nitrogens is 2. The molecule has 0 spiro atoms. The van der Waals surface area contributed by atoms with Crippen LogP contribution in [-0.2, 0) is 6.42 Å². The van der Waals surface area contributed by atoms with E-state index in [-0.39, 0.29) is 16.4 Å². The minimum Gasteiger partial charge on any atom is -0.352 e. The Bertz CT molecular complexity index is 1630. The van der Waals surface area contributed by atoms with E-state index in [2.05, 4.69) is 27.8 Å². The van der Waals surface area contributed by atoms with Crippen LogP contribution in [0.15, 0.2) is 76.9 Å². The molecule has 5 rings (SSSR count). The lowest BCUT2D eigenvalue weighted by Crippen LogP contribution is -2.26. The molecule has 0 aliphatic heterocycles. The molecule has 8 heteroatoms. The topological polar surface area (TPSA) is 66.9 Å². The highest BCUT2D eigenvalue weighted by Crippen LogP contribution is 2.25. The van der Waals surface area contributed by atoms with Gasteiger partial charge in [-0.15, -0.1) is 11.3 Å². The maximum absolute atomic E-state index is 14.2. The van der Waals surface area contributed by atoms with Gasteiger partial charge in [0.1, 0.15) is 5.82 Å². The molecular formula is C25H18FN3O2S2. The van der Waals surface area contributed by atoms with Crippen molar-refractivity contribution >= 4 is 50.5 Å². The standard InChI is InChI=1S/C25H18FN3O2S2/c26-19-6-2-3-7-21(19)29-24(31)18-10-9-15(13-20(18)28-25(29)32)23(30)27-12-11-16-14-33-22-8-4-1-5-17(16)22/h1-10,13-14H,11-12H2,(H,27,30)(H,28,32). The quantitative estimate of drug-likeness (QED) is 0.336. The highest BCUT2D eigenvalue weighted by molar-refractivity contribution is 7.71. The minimum atomic E-state index is -0.548. The first-order chi connectivity index (χ1) is 16.0. The SMILES string of the molecule is O=C(NCCc1csc2ccccc12)c1ccc2c(=O)n(-c3ccccc3F)c(=S)[nH]c2c1. The molecule has 2 heterocycles. The molecule has 0 fully saturated rings. The van der Waals surface area contributed by atoms with Crippen LogP contribution in [0.25, 0.3) is 26.7 Å². The van der Waals surface area contributed by atoms with Crippen molar-refractivity contribution < 1.29 is 9.18 Å². The van der Waals surface area contributed by atoms with Crippen molar-refractivity contribution in [3.05, 3.63) is 104 Å². The van der Waals surface area contributed by atoms with Gasteiger partial charge in [0.2, 0.25) is 0 Å². The minimum absolute atomic E-state index is 0.0551. The van der Waals surface area contributed by atoms with Gasteiger partial charge in [-0.05, 0) is 71.4 Å². The number of hydrogen-bond acceptors (Lipinski definition) is 4. The van der Waals surface area contributed by atoms with Crippen molar-refractivity contribution in [2.24, 2.45) is 0 Å². The number of aromatic amines is 1. The largest absolute Gasteiger partial charge is 0.352 e. The lowest BCUT2D eigenvalue weighted by atomic mass is 10.1. The third kappa shape index (κ3) is 3.99. The zero-order valence-electron chi connectivity index (χ0n) is 17.3. The second-order valence-corrected chi connectivity index (χ2v) is 8.84. The molecule has 0 saturated carbocycles. The van der Waals surface area contributed by atoms with Crippen LogP contribution in [0.3, 0.4) is 0 Å². The molecule has 0 unspecified atom stereocenters. The fraction of sp³-hybridized carbons (Fsp3) is 0.0800. The van der Waals surface area contributed by atoms with Crippen LogP contribution in [0.1, 0.15) is 15.9 Å². The van der Waals surface area contributed by atoms with Gasteiger partial charge in [-0.3, -0.25) is 9.59 Å². The average Bonchev–Trinajstić information content (AvgIpc) is 3.23. The Labute approximate surface area is 197 Å². The van der Waals surface area contributed by atoms with Gasteiger partial charge in [-0.25, -0.2) is 8.96 Å². The van der Waals surface area contributed by atoms with Crippen molar-refractivity contribution in [1.29, 1.82) is 0 Å². The summed E-state index contributed by atoms with van der Waals surface area (Å²) in [5, 5.41) is 6.57. The molecule has 33 heavy (non-hydrogen) atoms. The number of nitrogens with zero attached hydrogens (tertiary/aromatic N) is 1. The van der Waals surface area contributed by atoms with Gasteiger partial charge in [0.15, 0.2) is 4.77 Å². The van der Waals surface area contributed by atoms with Crippen LogP contribution in [0, 0.1) is 10.6 Å². The number of halogens is 1. The smallest absolute Gasteiger partial charge is 0.266 e. The van der Waals surface area contributed by atoms with Crippen LogP contribution >= 0.6 is 23.6 Å². The molecule has 1 amide bonds. The summed E-state index contributed by atoms with van der Waals surface area (Å²) in [6, 6.07) is 18.9. The van der Waals surface area contributed by atoms with Crippen LogP contribution in [0.5, 0.6) is 0 Å². The second kappa shape index (κ2) is 8.73. The zero-order chi connectivity index (χ0) is 22.9. The van der Waals surface area contributed by atoms with E-state index in [1.54, 1.807) is 41.7 Å². The molecule has 0 atom stereocenters. The van der Waals surface area contributed by atoms with Crippen LogP contribution in [-0.4, -0.2) is 22.0 Å². The molecule has 0 saturated heterocycles. The molecule has 0 bridgehead atoms. The summed E-state index contributed by atoms with van der Waals surface area (Å²) in [7, 11) is 0. The van der Waals surface area contributed by atoms with Crippen molar-refractivity contribution in [3.63, 3.8) is 0 Å². The predicted molar refractivity (Wildman–Crippen MR) is 133 cm³/mol. The van der Waals surface area contributed by atoms with Gasteiger partial charge in [-0.1, -0.05) is 30.3 Å². The first kappa shape index (κ1) is 21.2. The fourth-order valence-corrected chi connectivity index (χ4v) is 5.14.